The first kappa shape index (κ1) is 11.3. The molecule has 1 fully saturated rings. The minimum atomic E-state index is -1.69. The molecule has 0 saturated carbocycles. The first-order valence-electron chi connectivity index (χ1n) is 4.46. The van der Waals surface area contributed by atoms with E-state index < -0.39 is 11.1 Å². The monoisotopic (exact) mass is 220 g/mol. The number of rotatable bonds is 2. The van der Waals surface area contributed by atoms with E-state index in [1.165, 1.54) is 0 Å². The van der Waals surface area contributed by atoms with E-state index in [1.807, 2.05) is 13.0 Å². The third kappa shape index (κ3) is 2.36. The molecule has 13 heavy (non-hydrogen) atoms. The Labute approximate surface area is 86.5 Å². The van der Waals surface area contributed by atoms with E-state index in [4.69, 9.17) is 4.55 Å². The van der Waals surface area contributed by atoms with Gasteiger partial charge in [-0.15, -0.1) is 11.8 Å². The van der Waals surface area contributed by atoms with Crippen molar-refractivity contribution in [3.8, 4) is 0 Å². The van der Waals surface area contributed by atoms with E-state index in [2.05, 4.69) is 19.9 Å². The van der Waals surface area contributed by atoms with Crippen molar-refractivity contribution in [1.29, 1.82) is 0 Å². The fraction of sp³-hybridized carbons (Fsp3) is 0.778. The number of thioether (sulfide) groups is 1. The largest absolute Gasteiger partial charge is 0.305 e. The first-order chi connectivity index (χ1) is 6.07. The van der Waals surface area contributed by atoms with Crippen LogP contribution in [0.1, 0.15) is 20.8 Å². The van der Waals surface area contributed by atoms with E-state index >= 15 is 0 Å². The van der Waals surface area contributed by atoms with Gasteiger partial charge in [0.2, 0.25) is 0 Å². The van der Waals surface area contributed by atoms with Crippen LogP contribution < -0.4 is 0 Å². The van der Waals surface area contributed by atoms with Crippen molar-refractivity contribution in [2.75, 3.05) is 0 Å². The van der Waals surface area contributed by atoms with Gasteiger partial charge < -0.3 is 4.55 Å². The van der Waals surface area contributed by atoms with E-state index in [9.17, 15) is 4.21 Å². The molecule has 1 aliphatic heterocycles. The van der Waals surface area contributed by atoms with Crippen molar-refractivity contribution < 1.29 is 8.76 Å². The molecule has 1 heterocycles. The van der Waals surface area contributed by atoms with Crippen LogP contribution in [-0.2, 0) is 11.1 Å². The van der Waals surface area contributed by atoms with Crippen LogP contribution >= 0.6 is 11.8 Å². The normalized spacial score (nSPS) is 42.8. The standard InChI is InChI=1S/C9H16O2S2/c1-4-5-8-6(2)7(3)9(12-8)13(10)11/h4-9H,1-3H3,(H,10,11)/b5-4+. The summed E-state index contributed by atoms with van der Waals surface area (Å²) in [5.74, 6) is 0.805. The van der Waals surface area contributed by atoms with E-state index in [0.29, 0.717) is 17.1 Å². The average Bonchev–Trinajstić information content (AvgIpc) is 2.33. The van der Waals surface area contributed by atoms with Crippen molar-refractivity contribution in [3.63, 3.8) is 0 Å². The zero-order chi connectivity index (χ0) is 10.0. The van der Waals surface area contributed by atoms with Crippen molar-refractivity contribution >= 4 is 22.8 Å². The quantitative estimate of drug-likeness (QED) is 0.574. The summed E-state index contributed by atoms with van der Waals surface area (Å²) < 4.78 is 19.9. The van der Waals surface area contributed by atoms with Crippen LogP contribution in [0.2, 0.25) is 0 Å². The molecular formula is C9H16O2S2. The maximum Gasteiger partial charge on any atom is 0.166 e. The predicted octanol–water partition coefficient (Wildman–Crippen LogP) is 2.50. The molecule has 0 radical (unpaired) electrons. The van der Waals surface area contributed by atoms with Gasteiger partial charge >= 0.3 is 0 Å². The summed E-state index contributed by atoms with van der Waals surface area (Å²) in [7, 11) is 0. The van der Waals surface area contributed by atoms with Gasteiger partial charge in [0, 0.05) is 5.25 Å². The summed E-state index contributed by atoms with van der Waals surface area (Å²) in [6, 6.07) is 0. The minimum absolute atomic E-state index is 0.115. The van der Waals surface area contributed by atoms with Gasteiger partial charge in [-0.05, 0) is 18.8 Å². The third-order valence-corrected chi connectivity index (χ3v) is 5.90. The van der Waals surface area contributed by atoms with E-state index in [1.54, 1.807) is 11.8 Å². The summed E-state index contributed by atoms with van der Waals surface area (Å²) in [6.45, 7) is 6.19. The molecule has 5 atom stereocenters. The topological polar surface area (TPSA) is 37.3 Å². The number of allylic oxidation sites excluding steroid dienone is 1. The number of hydrogen-bond donors (Lipinski definition) is 1. The molecule has 76 valence electrons. The maximum absolute atomic E-state index is 11.0. The van der Waals surface area contributed by atoms with Gasteiger partial charge in [-0.3, -0.25) is 0 Å². The third-order valence-electron chi connectivity index (χ3n) is 2.65. The second kappa shape index (κ2) is 4.62. The molecule has 0 aromatic rings. The van der Waals surface area contributed by atoms with Crippen molar-refractivity contribution in [1.82, 2.24) is 0 Å². The van der Waals surface area contributed by atoms with Gasteiger partial charge in [-0.1, -0.05) is 26.0 Å². The zero-order valence-corrected chi connectivity index (χ0v) is 9.77. The van der Waals surface area contributed by atoms with Crippen LogP contribution in [0.25, 0.3) is 0 Å². The Morgan fingerprint density at radius 3 is 2.38 bits per heavy atom. The Bertz CT molecular complexity index is 228. The summed E-state index contributed by atoms with van der Waals surface area (Å²) >= 11 is -0.0643. The molecule has 0 aromatic carbocycles. The molecular weight excluding hydrogens is 204 g/mol. The van der Waals surface area contributed by atoms with Crippen molar-refractivity contribution in [2.45, 2.75) is 30.6 Å². The molecule has 2 nitrogen and oxygen atoms in total. The predicted molar refractivity (Wildman–Crippen MR) is 59.1 cm³/mol. The van der Waals surface area contributed by atoms with Crippen LogP contribution in [0.15, 0.2) is 12.2 Å². The lowest BCUT2D eigenvalue weighted by Gasteiger charge is -2.13. The average molecular weight is 220 g/mol. The molecule has 1 rings (SSSR count). The van der Waals surface area contributed by atoms with Gasteiger partial charge in [-0.2, -0.15) is 0 Å². The Hall–Kier alpha value is 0.200. The number of hydrogen-bond acceptors (Lipinski definition) is 2. The fourth-order valence-electron chi connectivity index (χ4n) is 1.59. The molecule has 0 aliphatic carbocycles. The smallest absolute Gasteiger partial charge is 0.166 e. The molecule has 0 bridgehead atoms. The van der Waals surface area contributed by atoms with Crippen LogP contribution in [-0.4, -0.2) is 18.6 Å². The SMILES string of the molecule is C/C=C/C1SC(S(=O)O)C(C)C1C. The Balaban J connectivity index is 2.72. The minimum Gasteiger partial charge on any atom is -0.305 e. The lowest BCUT2D eigenvalue weighted by atomic mass is 9.94. The van der Waals surface area contributed by atoms with Crippen LogP contribution in [0, 0.1) is 11.8 Å². The van der Waals surface area contributed by atoms with Crippen LogP contribution in [0.3, 0.4) is 0 Å². The molecule has 1 aliphatic rings. The molecule has 1 N–H and O–H groups in total. The molecule has 0 spiro atoms. The molecule has 1 saturated heterocycles. The highest BCUT2D eigenvalue weighted by atomic mass is 32.2. The summed E-state index contributed by atoms with van der Waals surface area (Å²) in [5, 5.41) is 0.404. The van der Waals surface area contributed by atoms with E-state index in [0.717, 1.165) is 0 Å². The fourth-order valence-corrected chi connectivity index (χ4v) is 4.52. The van der Waals surface area contributed by atoms with Crippen molar-refractivity contribution in [3.05, 3.63) is 12.2 Å². The highest BCUT2D eigenvalue weighted by molar-refractivity contribution is 8.10. The maximum atomic E-state index is 11.0. The summed E-state index contributed by atoms with van der Waals surface area (Å²) in [4.78, 5) is 0. The summed E-state index contributed by atoms with van der Waals surface area (Å²) in [5.41, 5.74) is 0. The van der Waals surface area contributed by atoms with Gasteiger partial charge in [0.15, 0.2) is 11.1 Å². The highest BCUT2D eigenvalue weighted by Gasteiger charge is 2.40. The summed E-state index contributed by atoms with van der Waals surface area (Å²) in [6.07, 6.45) is 4.14. The Morgan fingerprint density at radius 2 is 2.00 bits per heavy atom. The second-order valence-corrected chi connectivity index (χ2v) is 6.17. The van der Waals surface area contributed by atoms with Gasteiger partial charge in [0.1, 0.15) is 4.58 Å². The van der Waals surface area contributed by atoms with E-state index in [-0.39, 0.29) is 4.58 Å². The molecule has 5 unspecified atom stereocenters. The zero-order valence-electron chi connectivity index (χ0n) is 8.14. The van der Waals surface area contributed by atoms with Gasteiger partial charge in [-0.25, -0.2) is 4.21 Å². The lowest BCUT2D eigenvalue weighted by molar-refractivity contribution is 0.437. The highest BCUT2D eigenvalue weighted by Crippen LogP contribution is 2.44. The van der Waals surface area contributed by atoms with Crippen molar-refractivity contribution in [2.24, 2.45) is 11.8 Å². The Morgan fingerprint density at radius 1 is 1.38 bits per heavy atom. The molecule has 0 aromatic heterocycles. The van der Waals surface area contributed by atoms with Gasteiger partial charge in [0.05, 0.1) is 0 Å². The second-order valence-electron chi connectivity index (χ2n) is 3.49. The molecule has 4 heteroatoms. The molecule has 0 amide bonds. The first-order valence-corrected chi connectivity index (χ1v) is 6.57. The van der Waals surface area contributed by atoms with Crippen LogP contribution in [0.5, 0.6) is 0 Å². The Kier molecular flexibility index (Phi) is 4.01. The van der Waals surface area contributed by atoms with Crippen LogP contribution in [0.4, 0.5) is 0 Å². The lowest BCUT2D eigenvalue weighted by Crippen LogP contribution is -2.18. The van der Waals surface area contributed by atoms with Gasteiger partial charge in [0.25, 0.3) is 0 Å².